The number of unbranched alkanes of at least 4 members (excludes halogenated alkanes) is 7. The molecule has 0 bridgehead atoms. The highest BCUT2D eigenvalue weighted by molar-refractivity contribution is 5.84. The first-order valence-electron chi connectivity index (χ1n) is 6.93. The van der Waals surface area contributed by atoms with Gasteiger partial charge in [-0.1, -0.05) is 57.0 Å². The van der Waals surface area contributed by atoms with E-state index in [4.69, 9.17) is 10.9 Å². The van der Waals surface area contributed by atoms with Crippen LogP contribution in [0.2, 0.25) is 0 Å². The van der Waals surface area contributed by atoms with Crippen molar-refractivity contribution in [3.63, 3.8) is 0 Å². The largest absolute Gasteiger partial charge is 0.409 e. The van der Waals surface area contributed by atoms with E-state index < -0.39 is 0 Å². The van der Waals surface area contributed by atoms with E-state index in [0.717, 1.165) is 13.0 Å². The monoisotopic (exact) mass is 243 g/mol. The molecule has 0 aliphatic heterocycles. The molecule has 17 heavy (non-hydrogen) atoms. The minimum absolute atomic E-state index is 0.0374. The Hall–Kier alpha value is -0.770. The molecule has 0 radical (unpaired) electrons. The first-order chi connectivity index (χ1) is 8.22. The molecule has 0 saturated carbocycles. The fourth-order valence-corrected chi connectivity index (χ4v) is 1.77. The van der Waals surface area contributed by atoms with Crippen LogP contribution in [0.15, 0.2) is 5.16 Å². The standard InChI is InChI=1S/C13H29N3O/c1-3-4-5-6-7-8-9-10-11-15-12(2)13(14)16-17/h12,15,17H,3-11H2,1-2H3,(H2,14,16). The Morgan fingerprint density at radius 2 is 1.65 bits per heavy atom. The van der Waals surface area contributed by atoms with Crippen molar-refractivity contribution in [1.29, 1.82) is 0 Å². The van der Waals surface area contributed by atoms with Gasteiger partial charge < -0.3 is 16.3 Å². The van der Waals surface area contributed by atoms with E-state index in [0.29, 0.717) is 0 Å². The van der Waals surface area contributed by atoms with Gasteiger partial charge in [-0.2, -0.15) is 0 Å². The smallest absolute Gasteiger partial charge is 0.156 e. The molecule has 1 atom stereocenters. The SMILES string of the molecule is CCCCCCCCCCNC(C)C(N)=NO. The molecule has 0 amide bonds. The predicted molar refractivity (Wildman–Crippen MR) is 73.5 cm³/mol. The molecule has 0 rings (SSSR count). The highest BCUT2D eigenvalue weighted by Gasteiger charge is 2.04. The quantitative estimate of drug-likeness (QED) is 0.172. The van der Waals surface area contributed by atoms with Crippen LogP contribution in [0.5, 0.6) is 0 Å². The highest BCUT2D eigenvalue weighted by atomic mass is 16.4. The van der Waals surface area contributed by atoms with Crippen LogP contribution in [0.3, 0.4) is 0 Å². The average Bonchev–Trinajstić information content (AvgIpc) is 2.35. The lowest BCUT2D eigenvalue weighted by molar-refractivity contribution is 0.315. The maximum atomic E-state index is 8.47. The summed E-state index contributed by atoms with van der Waals surface area (Å²) in [5.41, 5.74) is 5.46. The van der Waals surface area contributed by atoms with Gasteiger partial charge in [0.05, 0.1) is 6.04 Å². The number of amidine groups is 1. The molecule has 4 nitrogen and oxygen atoms in total. The average molecular weight is 243 g/mol. The van der Waals surface area contributed by atoms with Crippen molar-refractivity contribution in [3.8, 4) is 0 Å². The molecule has 0 fully saturated rings. The molecule has 0 aliphatic carbocycles. The lowest BCUT2D eigenvalue weighted by atomic mass is 10.1. The van der Waals surface area contributed by atoms with E-state index in [-0.39, 0.29) is 11.9 Å². The molecule has 0 aromatic heterocycles. The van der Waals surface area contributed by atoms with E-state index in [2.05, 4.69) is 17.4 Å². The van der Waals surface area contributed by atoms with Gasteiger partial charge in [0.2, 0.25) is 0 Å². The highest BCUT2D eigenvalue weighted by Crippen LogP contribution is 2.07. The Morgan fingerprint density at radius 3 is 2.18 bits per heavy atom. The molecular weight excluding hydrogens is 214 g/mol. The Balaban J connectivity index is 3.18. The number of oxime groups is 1. The van der Waals surface area contributed by atoms with Crippen molar-refractivity contribution in [2.45, 2.75) is 71.3 Å². The van der Waals surface area contributed by atoms with Crippen LogP contribution in [-0.2, 0) is 0 Å². The van der Waals surface area contributed by atoms with Crippen LogP contribution in [0.25, 0.3) is 0 Å². The van der Waals surface area contributed by atoms with Crippen molar-refractivity contribution < 1.29 is 5.21 Å². The van der Waals surface area contributed by atoms with Gasteiger partial charge in [-0.15, -0.1) is 0 Å². The summed E-state index contributed by atoms with van der Waals surface area (Å²) >= 11 is 0. The van der Waals surface area contributed by atoms with E-state index in [9.17, 15) is 0 Å². The van der Waals surface area contributed by atoms with Gasteiger partial charge in [0.25, 0.3) is 0 Å². The van der Waals surface area contributed by atoms with Crippen molar-refractivity contribution >= 4 is 5.84 Å². The molecule has 0 aromatic carbocycles. The molecule has 0 saturated heterocycles. The number of nitrogens with one attached hydrogen (secondary N) is 1. The topological polar surface area (TPSA) is 70.6 Å². The Morgan fingerprint density at radius 1 is 1.12 bits per heavy atom. The number of hydrogen-bond donors (Lipinski definition) is 3. The summed E-state index contributed by atoms with van der Waals surface area (Å²) in [6.07, 6.45) is 10.6. The summed E-state index contributed by atoms with van der Waals surface area (Å²) in [4.78, 5) is 0. The summed E-state index contributed by atoms with van der Waals surface area (Å²) < 4.78 is 0. The van der Waals surface area contributed by atoms with E-state index in [1.807, 2.05) is 6.92 Å². The molecule has 4 N–H and O–H groups in total. The van der Waals surface area contributed by atoms with Crippen molar-refractivity contribution in [1.82, 2.24) is 5.32 Å². The zero-order chi connectivity index (χ0) is 12.9. The molecule has 0 spiro atoms. The zero-order valence-electron chi connectivity index (χ0n) is 11.4. The van der Waals surface area contributed by atoms with Crippen LogP contribution in [-0.4, -0.2) is 23.6 Å². The summed E-state index contributed by atoms with van der Waals surface area (Å²) in [7, 11) is 0. The third-order valence-corrected chi connectivity index (χ3v) is 3.04. The predicted octanol–water partition coefficient (Wildman–Crippen LogP) is 2.85. The first-order valence-corrected chi connectivity index (χ1v) is 6.93. The molecule has 0 heterocycles. The zero-order valence-corrected chi connectivity index (χ0v) is 11.4. The summed E-state index contributed by atoms with van der Waals surface area (Å²) in [5, 5.41) is 14.7. The minimum atomic E-state index is -0.0374. The van der Waals surface area contributed by atoms with Crippen LogP contribution >= 0.6 is 0 Å². The molecule has 0 aliphatic rings. The summed E-state index contributed by atoms with van der Waals surface area (Å²) in [6, 6.07) is -0.0374. The van der Waals surface area contributed by atoms with Crippen LogP contribution in [0.4, 0.5) is 0 Å². The van der Waals surface area contributed by atoms with Gasteiger partial charge in [-0.25, -0.2) is 0 Å². The van der Waals surface area contributed by atoms with Gasteiger partial charge in [0.15, 0.2) is 5.84 Å². The molecule has 4 heteroatoms. The third kappa shape index (κ3) is 10.1. The number of nitrogens with zero attached hydrogens (tertiary/aromatic N) is 1. The van der Waals surface area contributed by atoms with Crippen LogP contribution in [0.1, 0.15) is 65.2 Å². The van der Waals surface area contributed by atoms with Gasteiger partial charge >= 0.3 is 0 Å². The lowest BCUT2D eigenvalue weighted by Crippen LogP contribution is -2.39. The third-order valence-electron chi connectivity index (χ3n) is 3.04. The summed E-state index contributed by atoms with van der Waals surface area (Å²) in [5.74, 6) is 0.254. The molecule has 102 valence electrons. The Bertz CT molecular complexity index is 195. The Kier molecular flexibility index (Phi) is 11.2. The van der Waals surface area contributed by atoms with Gasteiger partial charge in [0, 0.05) is 0 Å². The van der Waals surface area contributed by atoms with Gasteiger partial charge in [-0.05, 0) is 19.9 Å². The fraction of sp³-hybridized carbons (Fsp3) is 0.923. The normalized spacial score (nSPS) is 13.9. The Labute approximate surface area is 106 Å². The number of nitrogens with two attached hydrogens (primary N) is 1. The number of rotatable bonds is 11. The van der Waals surface area contributed by atoms with E-state index >= 15 is 0 Å². The molecular formula is C13H29N3O. The minimum Gasteiger partial charge on any atom is -0.409 e. The lowest BCUT2D eigenvalue weighted by Gasteiger charge is -2.11. The second-order valence-electron chi connectivity index (χ2n) is 4.68. The summed E-state index contributed by atoms with van der Waals surface area (Å²) in [6.45, 7) is 5.08. The second kappa shape index (κ2) is 11.7. The van der Waals surface area contributed by atoms with Gasteiger partial charge in [-0.3, -0.25) is 0 Å². The van der Waals surface area contributed by atoms with Crippen molar-refractivity contribution in [3.05, 3.63) is 0 Å². The van der Waals surface area contributed by atoms with Gasteiger partial charge in [0.1, 0.15) is 0 Å². The van der Waals surface area contributed by atoms with E-state index in [1.54, 1.807) is 0 Å². The molecule has 0 aromatic rings. The maximum Gasteiger partial charge on any atom is 0.156 e. The van der Waals surface area contributed by atoms with Crippen LogP contribution < -0.4 is 11.1 Å². The number of hydrogen-bond acceptors (Lipinski definition) is 3. The van der Waals surface area contributed by atoms with E-state index in [1.165, 1.54) is 44.9 Å². The van der Waals surface area contributed by atoms with Crippen molar-refractivity contribution in [2.75, 3.05) is 6.54 Å². The molecule has 1 unspecified atom stereocenters. The van der Waals surface area contributed by atoms with Crippen LogP contribution in [0, 0.1) is 0 Å². The first kappa shape index (κ1) is 16.2. The second-order valence-corrected chi connectivity index (χ2v) is 4.68. The maximum absolute atomic E-state index is 8.47. The van der Waals surface area contributed by atoms with Crippen molar-refractivity contribution in [2.24, 2.45) is 10.9 Å². The fourth-order valence-electron chi connectivity index (χ4n) is 1.77.